The third kappa shape index (κ3) is 6.40. The minimum Gasteiger partial charge on any atom is -0.489 e. The van der Waals surface area contributed by atoms with Crippen molar-refractivity contribution < 1.29 is 9.84 Å². The Morgan fingerprint density at radius 3 is 2.68 bits per heavy atom. The Kier molecular flexibility index (Phi) is 7.28. The number of nitrogens with zero attached hydrogens (tertiary/aromatic N) is 1. The monoisotopic (exact) mass is 361 g/mol. The van der Waals surface area contributed by atoms with Crippen molar-refractivity contribution in [3.63, 3.8) is 0 Å². The van der Waals surface area contributed by atoms with Gasteiger partial charge in [0.05, 0.1) is 13.1 Å². The maximum absolute atomic E-state index is 10.6. The van der Waals surface area contributed by atoms with Crippen LogP contribution in [0.5, 0.6) is 5.75 Å². The summed E-state index contributed by atoms with van der Waals surface area (Å²) in [5.41, 5.74) is -0.0907. The minimum absolute atomic E-state index is 0.0105. The fraction of sp³-hybridized carbons (Fsp3) is 0.421. The summed E-state index contributed by atoms with van der Waals surface area (Å²) in [6, 6.07) is 11.7. The summed E-state index contributed by atoms with van der Waals surface area (Å²) in [6.07, 6.45) is -0.0105. The Labute approximate surface area is 153 Å². The van der Waals surface area contributed by atoms with Crippen LogP contribution in [0.4, 0.5) is 0 Å². The molecule has 1 heterocycles. The SMILES string of the molecule is CCNC(=NCC(C)(O)c1ccsc1)NCC(C)Oc1ccccc1. The van der Waals surface area contributed by atoms with Crippen LogP contribution < -0.4 is 15.4 Å². The average molecular weight is 362 g/mol. The lowest BCUT2D eigenvalue weighted by Gasteiger charge is -2.22. The quantitative estimate of drug-likeness (QED) is 0.500. The topological polar surface area (TPSA) is 65.9 Å². The Balaban J connectivity index is 1.89. The van der Waals surface area contributed by atoms with Crippen molar-refractivity contribution in [3.05, 3.63) is 52.7 Å². The molecule has 0 aliphatic heterocycles. The van der Waals surface area contributed by atoms with Gasteiger partial charge in [-0.25, -0.2) is 4.99 Å². The van der Waals surface area contributed by atoms with Gasteiger partial charge in [0, 0.05) is 6.54 Å². The molecule has 5 nitrogen and oxygen atoms in total. The predicted octanol–water partition coefficient (Wildman–Crippen LogP) is 2.98. The molecule has 1 aromatic carbocycles. The fourth-order valence-corrected chi connectivity index (χ4v) is 3.03. The Morgan fingerprint density at radius 1 is 1.28 bits per heavy atom. The van der Waals surface area contributed by atoms with Gasteiger partial charge in [-0.1, -0.05) is 18.2 Å². The number of aliphatic imine (C=N–C) groups is 1. The van der Waals surface area contributed by atoms with E-state index in [0.29, 0.717) is 12.5 Å². The number of aliphatic hydroxyl groups is 1. The van der Waals surface area contributed by atoms with E-state index >= 15 is 0 Å². The Hall–Kier alpha value is -2.05. The second-order valence-corrected chi connectivity index (χ2v) is 6.88. The Bertz CT molecular complexity index is 642. The van der Waals surface area contributed by atoms with Crippen molar-refractivity contribution in [2.75, 3.05) is 19.6 Å². The van der Waals surface area contributed by atoms with Crippen LogP contribution in [0.15, 0.2) is 52.2 Å². The molecule has 0 fully saturated rings. The summed E-state index contributed by atoms with van der Waals surface area (Å²) in [5, 5.41) is 20.9. The van der Waals surface area contributed by atoms with Crippen LogP contribution in [-0.4, -0.2) is 36.8 Å². The number of nitrogens with one attached hydrogen (secondary N) is 2. The second kappa shape index (κ2) is 9.44. The fourth-order valence-electron chi connectivity index (χ4n) is 2.25. The zero-order chi connectivity index (χ0) is 18.1. The predicted molar refractivity (Wildman–Crippen MR) is 104 cm³/mol. The van der Waals surface area contributed by atoms with Crippen LogP contribution in [0.3, 0.4) is 0 Å². The van der Waals surface area contributed by atoms with Crippen molar-refractivity contribution in [1.29, 1.82) is 0 Å². The molecule has 0 amide bonds. The molecule has 0 spiro atoms. The lowest BCUT2D eigenvalue weighted by Crippen LogP contribution is -2.42. The first kappa shape index (κ1) is 19.3. The van der Waals surface area contributed by atoms with Gasteiger partial charge in [0.15, 0.2) is 5.96 Å². The molecule has 0 radical (unpaired) electrons. The molecule has 2 rings (SSSR count). The largest absolute Gasteiger partial charge is 0.489 e. The first-order chi connectivity index (χ1) is 12.0. The molecule has 25 heavy (non-hydrogen) atoms. The van der Waals surface area contributed by atoms with Crippen molar-refractivity contribution in [3.8, 4) is 5.75 Å². The van der Waals surface area contributed by atoms with E-state index in [0.717, 1.165) is 17.9 Å². The van der Waals surface area contributed by atoms with Crippen LogP contribution >= 0.6 is 11.3 Å². The molecule has 2 unspecified atom stereocenters. The number of para-hydroxylation sites is 1. The lowest BCUT2D eigenvalue weighted by atomic mass is 10.00. The smallest absolute Gasteiger partial charge is 0.191 e. The molecule has 136 valence electrons. The van der Waals surface area contributed by atoms with E-state index in [2.05, 4.69) is 15.6 Å². The number of benzene rings is 1. The number of thiophene rings is 1. The van der Waals surface area contributed by atoms with Crippen LogP contribution in [0, 0.1) is 0 Å². The van der Waals surface area contributed by atoms with Gasteiger partial charge in [0.1, 0.15) is 17.5 Å². The second-order valence-electron chi connectivity index (χ2n) is 6.10. The van der Waals surface area contributed by atoms with E-state index in [4.69, 9.17) is 4.74 Å². The highest BCUT2D eigenvalue weighted by atomic mass is 32.1. The summed E-state index contributed by atoms with van der Waals surface area (Å²) < 4.78 is 5.85. The molecule has 0 bridgehead atoms. The molecule has 0 saturated heterocycles. The van der Waals surface area contributed by atoms with Crippen LogP contribution in [0.25, 0.3) is 0 Å². The van der Waals surface area contributed by atoms with Crippen molar-refractivity contribution in [2.45, 2.75) is 32.5 Å². The van der Waals surface area contributed by atoms with E-state index in [1.54, 1.807) is 18.3 Å². The molecule has 2 aromatic rings. The van der Waals surface area contributed by atoms with E-state index < -0.39 is 5.60 Å². The van der Waals surface area contributed by atoms with E-state index in [1.807, 2.05) is 61.0 Å². The standard InChI is InChI=1S/C19H27N3O2S/c1-4-20-18(22-14-19(3,23)16-10-11-25-13-16)21-12-15(2)24-17-8-6-5-7-9-17/h5-11,13,15,23H,4,12,14H2,1-3H3,(H2,20,21,22). The van der Waals surface area contributed by atoms with Gasteiger partial charge < -0.3 is 20.5 Å². The summed E-state index contributed by atoms with van der Waals surface area (Å²) in [5.74, 6) is 1.51. The van der Waals surface area contributed by atoms with Crippen molar-refractivity contribution in [1.82, 2.24) is 10.6 Å². The minimum atomic E-state index is -0.978. The zero-order valence-electron chi connectivity index (χ0n) is 15.0. The van der Waals surface area contributed by atoms with Crippen molar-refractivity contribution in [2.24, 2.45) is 4.99 Å². The van der Waals surface area contributed by atoms with Gasteiger partial charge in [-0.05, 0) is 55.3 Å². The zero-order valence-corrected chi connectivity index (χ0v) is 15.8. The third-order valence-corrected chi connectivity index (χ3v) is 4.35. The van der Waals surface area contributed by atoms with E-state index in [1.165, 1.54) is 0 Å². The molecule has 0 aliphatic rings. The van der Waals surface area contributed by atoms with Gasteiger partial charge in [-0.15, -0.1) is 0 Å². The molecule has 3 N–H and O–H groups in total. The molecular formula is C19H27N3O2S. The lowest BCUT2D eigenvalue weighted by molar-refractivity contribution is 0.0677. The molecule has 2 atom stereocenters. The number of ether oxygens (including phenoxy) is 1. The van der Waals surface area contributed by atoms with Gasteiger partial charge in [0.25, 0.3) is 0 Å². The first-order valence-electron chi connectivity index (χ1n) is 8.50. The maximum Gasteiger partial charge on any atom is 0.191 e. The van der Waals surface area contributed by atoms with Gasteiger partial charge in [-0.3, -0.25) is 0 Å². The molecule has 0 saturated carbocycles. The number of rotatable bonds is 8. The van der Waals surface area contributed by atoms with Crippen LogP contribution in [-0.2, 0) is 5.60 Å². The average Bonchev–Trinajstić information content (AvgIpc) is 3.14. The highest BCUT2D eigenvalue weighted by Gasteiger charge is 2.23. The summed E-state index contributed by atoms with van der Waals surface area (Å²) in [7, 11) is 0. The third-order valence-electron chi connectivity index (χ3n) is 3.67. The van der Waals surface area contributed by atoms with Gasteiger partial charge in [-0.2, -0.15) is 11.3 Å². The number of hydrogen-bond donors (Lipinski definition) is 3. The van der Waals surface area contributed by atoms with Crippen LogP contribution in [0.2, 0.25) is 0 Å². The highest BCUT2D eigenvalue weighted by Crippen LogP contribution is 2.23. The number of guanidine groups is 1. The maximum atomic E-state index is 10.6. The van der Waals surface area contributed by atoms with Crippen LogP contribution in [0.1, 0.15) is 26.3 Å². The van der Waals surface area contributed by atoms with E-state index in [9.17, 15) is 5.11 Å². The first-order valence-corrected chi connectivity index (χ1v) is 9.44. The Morgan fingerprint density at radius 2 is 2.04 bits per heavy atom. The van der Waals surface area contributed by atoms with Gasteiger partial charge in [0.2, 0.25) is 0 Å². The molecule has 1 aromatic heterocycles. The molecule has 0 aliphatic carbocycles. The number of hydrogen-bond acceptors (Lipinski definition) is 4. The molecular weight excluding hydrogens is 334 g/mol. The summed E-state index contributed by atoms with van der Waals surface area (Å²) >= 11 is 1.57. The van der Waals surface area contributed by atoms with E-state index in [-0.39, 0.29) is 12.6 Å². The normalized spacial score (nSPS) is 15.3. The highest BCUT2D eigenvalue weighted by molar-refractivity contribution is 7.08. The van der Waals surface area contributed by atoms with Crippen molar-refractivity contribution >= 4 is 17.3 Å². The molecule has 6 heteroatoms. The van der Waals surface area contributed by atoms with Gasteiger partial charge >= 0.3 is 0 Å². The summed E-state index contributed by atoms with van der Waals surface area (Å²) in [6.45, 7) is 7.45. The summed E-state index contributed by atoms with van der Waals surface area (Å²) in [4.78, 5) is 4.51.